The number of ether oxygens (including phenoxy) is 1. The van der Waals surface area contributed by atoms with Crippen molar-refractivity contribution in [3.8, 4) is 0 Å². The van der Waals surface area contributed by atoms with Gasteiger partial charge < -0.3 is 20.7 Å². The number of amides is 2. The topological polar surface area (TPSA) is 110 Å². The number of nitrogens with two attached hydrogens (primary N) is 1. The number of carbonyl (C=O) groups is 2. The summed E-state index contributed by atoms with van der Waals surface area (Å²) < 4.78 is 19.1. The first-order valence-electron chi connectivity index (χ1n) is 10.8. The Kier molecular flexibility index (Phi) is 7.00. The van der Waals surface area contributed by atoms with Gasteiger partial charge >= 0.3 is 6.09 Å². The summed E-state index contributed by atoms with van der Waals surface area (Å²) in [5.74, 6) is -0.502. The molecule has 0 bridgehead atoms. The minimum absolute atomic E-state index is 0.107. The van der Waals surface area contributed by atoms with Crippen LogP contribution >= 0.6 is 0 Å². The van der Waals surface area contributed by atoms with Gasteiger partial charge in [-0.15, -0.1) is 0 Å². The van der Waals surface area contributed by atoms with E-state index in [0.29, 0.717) is 48.4 Å². The fourth-order valence-electron chi connectivity index (χ4n) is 3.98. The Morgan fingerprint density at radius 3 is 2.79 bits per heavy atom. The molecule has 0 aliphatic carbocycles. The molecule has 0 fully saturated rings. The smallest absolute Gasteiger partial charge is 0.407 e. The summed E-state index contributed by atoms with van der Waals surface area (Å²) in [6, 6.07) is 4.03. The van der Waals surface area contributed by atoms with Crippen LogP contribution in [0.5, 0.6) is 0 Å². The molecule has 0 saturated heterocycles. The van der Waals surface area contributed by atoms with E-state index in [4.69, 9.17) is 10.5 Å². The highest BCUT2D eigenvalue weighted by Gasteiger charge is 2.36. The summed E-state index contributed by atoms with van der Waals surface area (Å²) in [5, 5.41) is 2.71. The van der Waals surface area contributed by atoms with Crippen LogP contribution in [0.15, 0.2) is 24.8 Å². The number of hydrogen-bond acceptors (Lipinski definition) is 6. The molecule has 0 saturated carbocycles. The number of nitrogens with one attached hydrogen (secondary N) is 1. The molecule has 2 aromatic rings. The molecule has 0 radical (unpaired) electrons. The lowest BCUT2D eigenvalue weighted by Gasteiger charge is -2.37. The number of aromatic nitrogens is 2. The van der Waals surface area contributed by atoms with Crippen molar-refractivity contribution in [2.24, 2.45) is 0 Å². The van der Waals surface area contributed by atoms with Crippen LogP contribution in [0.2, 0.25) is 0 Å². The monoisotopic (exact) mass is 455 g/mol. The first-order valence-corrected chi connectivity index (χ1v) is 10.8. The SMILES string of the molecule is C=Cc1cc(F)ccc1[C@H]1Cc2nc(N)nc(C)c2C(=O)N1CCCNC(=O)OC(C)(C)C. The van der Waals surface area contributed by atoms with E-state index in [0.717, 1.165) is 5.56 Å². The third kappa shape index (κ3) is 5.66. The lowest BCUT2D eigenvalue weighted by molar-refractivity contribution is 0.0523. The average molecular weight is 456 g/mol. The molecule has 2 amide bonds. The number of nitrogen functional groups attached to an aromatic ring is 1. The van der Waals surface area contributed by atoms with Gasteiger partial charge in [0.25, 0.3) is 5.91 Å². The van der Waals surface area contributed by atoms with Crippen molar-refractivity contribution in [2.75, 3.05) is 18.8 Å². The number of nitrogens with zero attached hydrogens (tertiary/aromatic N) is 3. The Morgan fingerprint density at radius 2 is 2.12 bits per heavy atom. The standard InChI is InChI=1S/C24H30FN5O3/c1-6-15-12-16(25)8-9-17(15)19-13-18-20(14(2)28-22(26)29-18)21(31)30(19)11-7-10-27-23(32)33-24(3,4)5/h6,8-9,12,19H,1,7,10-11,13H2,2-5H3,(H,27,32)(H2,26,28,29)/t19-/m1/s1. The van der Waals surface area contributed by atoms with Crippen LogP contribution in [0.4, 0.5) is 15.1 Å². The van der Waals surface area contributed by atoms with Gasteiger partial charge in [-0.2, -0.15) is 0 Å². The van der Waals surface area contributed by atoms with Crippen molar-refractivity contribution < 1.29 is 18.7 Å². The van der Waals surface area contributed by atoms with E-state index in [1.807, 2.05) is 0 Å². The number of halogens is 1. The van der Waals surface area contributed by atoms with E-state index in [1.54, 1.807) is 44.7 Å². The Bertz CT molecular complexity index is 1080. The normalized spacial score (nSPS) is 15.7. The number of anilines is 1. The predicted molar refractivity (Wildman–Crippen MR) is 124 cm³/mol. The van der Waals surface area contributed by atoms with Gasteiger partial charge in [0.05, 0.1) is 23.0 Å². The number of aryl methyl sites for hydroxylation is 1. The molecular formula is C24H30FN5O3. The zero-order valence-corrected chi connectivity index (χ0v) is 19.4. The maximum atomic E-state index is 13.8. The molecule has 0 unspecified atom stereocenters. The van der Waals surface area contributed by atoms with Crippen molar-refractivity contribution in [1.29, 1.82) is 0 Å². The van der Waals surface area contributed by atoms with E-state index in [-0.39, 0.29) is 17.7 Å². The highest BCUT2D eigenvalue weighted by atomic mass is 19.1. The Balaban J connectivity index is 1.87. The van der Waals surface area contributed by atoms with Gasteiger partial charge in [0.2, 0.25) is 5.95 Å². The number of benzene rings is 1. The zero-order valence-electron chi connectivity index (χ0n) is 19.4. The fraction of sp³-hybridized carbons (Fsp3) is 0.417. The number of fused-ring (bicyclic) bond motifs is 1. The Hall–Kier alpha value is -3.49. The van der Waals surface area contributed by atoms with Gasteiger partial charge in [-0.1, -0.05) is 18.7 Å². The Labute approximate surface area is 193 Å². The van der Waals surface area contributed by atoms with E-state index < -0.39 is 17.7 Å². The Morgan fingerprint density at radius 1 is 1.39 bits per heavy atom. The molecule has 176 valence electrons. The maximum Gasteiger partial charge on any atom is 0.407 e. The largest absolute Gasteiger partial charge is 0.444 e. The highest BCUT2D eigenvalue weighted by Crippen LogP contribution is 2.35. The van der Waals surface area contributed by atoms with Crippen LogP contribution in [-0.4, -0.2) is 45.6 Å². The summed E-state index contributed by atoms with van der Waals surface area (Å²) in [4.78, 5) is 35.6. The van der Waals surface area contributed by atoms with E-state index in [9.17, 15) is 14.0 Å². The van der Waals surface area contributed by atoms with Gasteiger partial charge in [-0.25, -0.2) is 19.2 Å². The molecule has 1 aromatic carbocycles. The van der Waals surface area contributed by atoms with Crippen molar-refractivity contribution in [1.82, 2.24) is 20.2 Å². The summed E-state index contributed by atoms with van der Waals surface area (Å²) >= 11 is 0. The predicted octanol–water partition coefficient (Wildman–Crippen LogP) is 3.80. The van der Waals surface area contributed by atoms with Gasteiger partial charge in [-0.3, -0.25) is 4.79 Å². The first-order chi connectivity index (χ1) is 15.5. The van der Waals surface area contributed by atoms with Crippen LogP contribution in [0.25, 0.3) is 6.08 Å². The number of alkyl carbamates (subject to hydrolysis) is 1. The summed E-state index contributed by atoms with van der Waals surface area (Å²) in [6.07, 6.45) is 1.96. The molecule has 1 aromatic heterocycles. The molecule has 1 aliphatic heterocycles. The second-order valence-electron chi connectivity index (χ2n) is 8.97. The number of hydrogen-bond donors (Lipinski definition) is 2. The third-order valence-corrected chi connectivity index (χ3v) is 5.29. The molecule has 3 rings (SSSR count). The first kappa shape index (κ1) is 24.2. The molecule has 1 atom stereocenters. The van der Waals surface area contributed by atoms with Crippen molar-refractivity contribution in [3.63, 3.8) is 0 Å². The summed E-state index contributed by atoms with van der Waals surface area (Å²) in [6.45, 7) is 11.6. The zero-order chi connectivity index (χ0) is 24.3. The fourth-order valence-corrected chi connectivity index (χ4v) is 3.98. The van der Waals surface area contributed by atoms with Crippen LogP contribution < -0.4 is 11.1 Å². The molecule has 2 heterocycles. The third-order valence-electron chi connectivity index (χ3n) is 5.29. The lowest BCUT2D eigenvalue weighted by atomic mass is 9.89. The quantitative estimate of drug-likeness (QED) is 0.641. The average Bonchev–Trinajstić information content (AvgIpc) is 2.70. The van der Waals surface area contributed by atoms with Crippen molar-refractivity contribution in [3.05, 3.63) is 58.7 Å². The molecule has 33 heavy (non-hydrogen) atoms. The summed E-state index contributed by atoms with van der Waals surface area (Å²) in [5.41, 5.74) is 8.12. The highest BCUT2D eigenvalue weighted by molar-refractivity contribution is 5.98. The molecule has 8 nitrogen and oxygen atoms in total. The lowest BCUT2D eigenvalue weighted by Crippen LogP contribution is -2.43. The second kappa shape index (κ2) is 9.56. The molecule has 3 N–H and O–H groups in total. The summed E-state index contributed by atoms with van der Waals surface area (Å²) in [7, 11) is 0. The van der Waals surface area contributed by atoms with Gasteiger partial charge in [0.15, 0.2) is 0 Å². The van der Waals surface area contributed by atoms with Gasteiger partial charge in [-0.05, 0) is 57.4 Å². The molecular weight excluding hydrogens is 425 g/mol. The number of carbonyl (C=O) groups excluding carboxylic acids is 2. The van der Waals surface area contributed by atoms with E-state index in [1.165, 1.54) is 12.1 Å². The van der Waals surface area contributed by atoms with E-state index in [2.05, 4.69) is 21.9 Å². The van der Waals surface area contributed by atoms with Crippen LogP contribution in [0.3, 0.4) is 0 Å². The van der Waals surface area contributed by atoms with Crippen molar-refractivity contribution >= 4 is 24.0 Å². The minimum Gasteiger partial charge on any atom is -0.444 e. The van der Waals surface area contributed by atoms with Crippen molar-refractivity contribution in [2.45, 2.75) is 52.2 Å². The molecule has 1 aliphatic rings. The van der Waals surface area contributed by atoms with E-state index >= 15 is 0 Å². The minimum atomic E-state index is -0.592. The molecule has 9 heteroatoms. The maximum absolute atomic E-state index is 13.8. The second-order valence-corrected chi connectivity index (χ2v) is 8.97. The van der Waals surface area contributed by atoms with Crippen LogP contribution in [-0.2, 0) is 11.2 Å². The molecule has 0 spiro atoms. The van der Waals surface area contributed by atoms with Crippen LogP contribution in [0.1, 0.15) is 66.1 Å². The van der Waals surface area contributed by atoms with Gasteiger partial charge in [0, 0.05) is 19.5 Å². The van der Waals surface area contributed by atoms with Gasteiger partial charge in [0.1, 0.15) is 11.4 Å². The number of rotatable bonds is 6. The van der Waals surface area contributed by atoms with Crippen LogP contribution in [0, 0.1) is 12.7 Å².